The molecule has 0 aliphatic rings. The number of aryl methyl sites for hydroxylation is 1. The minimum atomic E-state index is 0.184. The molecule has 1 N–H and O–H groups in total. The van der Waals surface area contributed by atoms with E-state index in [4.69, 9.17) is 14.4 Å². The summed E-state index contributed by atoms with van der Waals surface area (Å²) in [6, 6.07) is 66.8. The number of hydrogen-bond acceptors (Lipinski definition) is 5. The Bertz CT molecular complexity index is 3400. The Labute approximate surface area is 351 Å². The molecule has 4 nitrogen and oxygen atoms in total. The number of para-hydroxylation sites is 1. The number of aromatic hydroxyl groups is 1. The van der Waals surface area contributed by atoms with Gasteiger partial charge in [0.1, 0.15) is 16.9 Å². The molecular weight excluding hydrogens is 753 g/mol. The van der Waals surface area contributed by atoms with Crippen molar-refractivity contribution >= 4 is 43.4 Å². The van der Waals surface area contributed by atoms with Crippen LogP contribution in [0.3, 0.4) is 0 Å². The van der Waals surface area contributed by atoms with Crippen LogP contribution in [0.15, 0.2) is 199 Å². The number of aromatic nitrogens is 2. The lowest BCUT2D eigenvalue weighted by molar-refractivity contribution is 0.477. The normalized spacial score (nSPS) is 11.5. The summed E-state index contributed by atoms with van der Waals surface area (Å²) in [4.78, 5) is 11.5. The third kappa shape index (κ3) is 6.42. The summed E-state index contributed by atoms with van der Waals surface area (Å²) in [5.41, 5.74) is 15.2. The maximum atomic E-state index is 11.4. The Balaban J connectivity index is 1.01. The molecular formula is C55H36N2O2S. The fraction of sp³-hybridized carbons (Fsp3) is 0.0182. The summed E-state index contributed by atoms with van der Waals surface area (Å²) in [6.07, 6.45) is 0. The van der Waals surface area contributed by atoms with Crippen LogP contribution in [-0.2, 0) is 0 Å². The standard InChI is InChI=1S/C55H36N2O2S/c1-34-27-42(55-54(46-20-9-11-22-53(46)60-55)40-24-25-44-43-19-8-10-21-51(43)59-52(44)33-40)31-47(56-34)38-17-12-18-39(28-38)48-29-41(36-15-6-3-7-16-36)30-49(57-48)45-26-23-37(32-50(45)58)35-13-4-2-5-14-35/h2-33,58H,1H3. The van der Waals surface area contributed by atoms with E-state index in [1.165, 1.54) is 20.5 Å². The zero-order valence-electron chi connectivity index (χ0n) is 32.6. The summed E-state index contributed by atoms with van der Waals surface area (Å²) in [7, 11) is 0. The van der Waals surface area contributed by atoms with Crippen LogP contribution in [0.5, 0.6) is 5.75 Å². The van der Waals surface area contributed by atoms with Gasteiger partial charge >= 0.3 is 0 Å². The van der Waals surface area contributed by atoms with Gasteiger partial charge in [0.2, 0.25) is 0 Å². The predicted octanol–water partition coefficient (Wildman–Crippen LogP) is 15.3. The van der Waals surface area contributed by atoms with Gasteiger partial charge in [-0.3, -0.25) is 4.98 Å². The number of nitrogens with zero attached hydrogens (tertiary/aromatic N) is 2. The van der Waals surface area contributed by atoms with Crippen LogP contribution in [0.1, 0.15) is 5.69 Å². The smallest absolute Gasteiger partial charge is 0.136 e. The average Bonchev–Trinajstić information content (AvgIpc) is 3.88. The maximum Gasteiger partial charge on any atom is 0.136 e. The fourth-order valence-corrected chi connectivity index (χ4v) is 9.59. The molecule has 0 amide bonds. The fourth-order valence-electron chi connectivity index (χ4n) is 8.37. The third-order valence-corrected chi connectivity index (χ3v) is 12.5. The van der Waals surface area contributed by atoms with Crippen LogP contribution >= 0.6 is 11.3 Å². The van der Waals surface area contributed by atoms with Crippen LogP contribution in [0.4, 0.5) is 0 Å². The Hall–Kier alpha value is -7.60. The van der Waals surface area contributed by atoms with Crippen molar-refractivity contribution in [3.05, 3.63) is 200 Å². The summed E-state index contributed by atoms with van der Waals surface area (Å²) in [5.74, 6) is 0.184. The van der Waals surface area contributed by atoms with Crippen LogP contribution in [0.2, 0.25) is 0 Å². The number of furan rings is 1. The first kappa shape index (κ1) is 35.6. The molecule has 0 radical (unpaired) electrons. The van der Waals surface area contributed by atoms with Gasteiger partial charge in [0, 0.05) is 53.7 Å². The lowest BCUT2D eigenvalue weighted by Crippen LogP contribution is -1.93. The highest BCUT2D eigenvalue weighted by molar-refractivity contribution is 7.23. The number of pyridine rings is 2. The van der Waals surface area contributed by atoms with E-state index < -0.39 is 0 Å². The van der Waals surface area contributed by atoms with Gasteiger partial charge in [-0.25, -0.2) is 4.98 Å². The monoisotopic (exact) mass is 788 g/mol. The molecule has 0 saturated carbocycles. The van der Waals surface area contributed by atoms with Crippen molar-refractivity contribution in [3.8, 4) is 83.3 Å². The van der Waals surface area contributed by atoms with E-state index in [2.05, 4.69) is 122 Å². The second-order valence-corrected chi connectivity index (χ2v) is 16.2. The molecule has 60 heavy (non-hydrogen) atoms. The maximum absolute atomic E-state index is 11.4. The lowest BCUT2D eigenvalue weighted by Gasteiger charge is -2.13. The highest BCUT2D eigenvalue weighted by Crippen LogP contribution is 2.47. The summed E-state index contributed by atoms with van der Waals surface area (Å²) < 4.78 is 7.59. The van der Waals surface area contributed by atoms with Crippen LogP contribution in [0, 0.1) is 6.92 Å². The van der Waals surface area contributed by atoms with Crippen LogP contribution in [0.25, 0.3) is 110 Å². The second-order valence-electron chi connectivity index (χ2n) is 15.2. The van der Waals surface area contributed by atoms with E-state index in [1.54, 1.807) is 11.3 Å². The molecule has 0 saturated heterocycles. The molecule has 0 fully saturated rings. The first-order valence-corrected chi connectivity index (χ1v) is 20.8. The van der Waals surface area contributed by atoms with Gasteiger partial charge in [0.15, 0.2) is 0 Å². The van der Waals surface area contributed by atoms with Crippen molar-refractivity contribution in [2.24, 2.45) is 0 Å². The molecule has 7 aromatic carbocycles. The number of phenolic OH excluding ortho intramolecular Hbond substituents is 1. The van der Waals surface area contributed by atoms with Gasteiger partial charge in [0.05, 0.1) is 17.1 Å². The predicted molar refractivity (Wildman–Crippen MR) is 249 cm³/mol. The van der Waals surface area contributed by atoms with Gasteiger partial charge in [-0.2, -0.15) is 0 Å². The van der Waals surface area contributed by atoms with E-state index in [9.17, 15) is 5.11 Å². The van der Waals surface area contributed by atoms with Gasteiger partial charge in [0.25, 0.3) is 0 Å². The molecule has 0 aliphatic heterocycles. The van der Waals surface area contributed by atoms with Crippen molar-refractivity contribution in [2.75, 3.05) is 0 Å². The van der Waals surface area contributed by atoms with Crippen molar-refractivity contribution < 1.29 is 9.52 Å². The molecule has 284 valence electrons. The number of phenols is 1. The molecule has 4 heterocycles. The Morgan fingerprint density at radius 3 is 1.82 bits per heavy atom. The topological polar surface area (TPSA) is 59.2 Å². The molecule has 0 unspecified atom stereocenters. The average molecular weight is 789 g/mol. The van der Waals surface area contributed by atoms with E-state index >= 15 is 0 Å². The lowest BCUT2D eigenvalue weighted by atomic mass is 9.96. The molecule has 4 aromatic heterocycles. The Morgan fingerprint density at radius 2 is 1.03 bits per heavy atom. The minimum absolute atomic E-state index is 0.184. The number of fused-ring (bicyclic) bond motifs is 4. The number of rotatable bonds is 7. The quantitative estimate of drug-likeness (QED) is 0.175. The minimum Gasteiger partial charge on any atom is -0.507 e. The summed E-state index contributed by atoms with van der Waals surface area (Å²) >= 11 is 1.81. The largest absolute Gasteiger partial charge is 0.507 e. The SMILES string of the molecule is Cc1cc(-c2sc3ccccc3c2-c2ccc3c(c2)oc2ccccc23)cc(-c2cccc(-c3cc(-c4ccccc4)cc(-c4ccc(-c5ccccc5)cc4O)n3)c2)n1. The van der Waals surface area contributed by atoms with Gasteiger partial charge in [-0.05, 0) is 107 Å². The summed E-state index contributed by atoms with van der Waals surface area (Å²) in [6.45, 7) is 2.07. The van der Waals surface area contributed by atoms with Crippen molar-refractivity contribution in [1.29, 1.82) is 0 Å². The molecule has 5 heteroatoms. The van der Waals surface area contributed by atoms with Gasteiger partial charge in [-0.15, -0.1) is 11.3 Å². The van der Waals surface area contributed by atoms with E-state index in [-0.39, 0.29) is 5.75 Å². The molecule has 0 aliphatic carbocycles. The molecule has 0 bridgehead atoms. The number of thiophene rings is 1. The highest BCUT2D eigenvalue weighted by Gasteiger charge is 2.20. The zero-order valence-corrected chi connectivity index (χ0v) is 33.4. The molecule has 0 spiro atoms. The molecule has 0 atom stereocenters. The third-order valence-electron chi connectivity index (χ3n) is 11.2. The molecule has 11 aromatic rings. The zero-order chi connectivity index (χ0) is 40.2. The number of benzene rings is 7. The Morgan fingerprint density at radius 1 is 0.417 bits per heavy atom. The van der Waals surface area contributed by atoms with E-state index in [1.807, 2.05) is 78.9 Å². The highest BCUT2D eigenvalue weighted by atomic mass is 32.1. The van der Waals surface area contributed by atoms with Gasteiger partial charge in [-0.1, -0.05) is 127 Å². The summed E-state index contributed by atoms with van der Waals surface area (Å²) in [5, 5.41) is 14.9. The van der Waals surface area contributed by atoms with Crippen molar-refractivity contribution in [1.82, 2.24) is 9.97 Å². The molecule has 11 rings (SSSR count). The van der Waals surface area contributed by atoms with E-state index in [0.717, 1.165) is 83.5 Å². The van der Waals surface area contributed by atoms with Crippen molar-refractivity contribution in [3.63, 3.8) is 0 Å². The first-order valence-electron chi connectivity index (χ1n) is 20.0. The van der Waals surface area contributed by atoms with Crippen LogP contribution in [-0.4, -0.2) is 15.1 Å². The van der Waals surface area contributed by atoms with Crippen LogP contribution < -0.4 is 0 Å². The Kier molecular flexibility index (Phi) is 8.68. The number of hydrogen-bond donors (Lipinski definition) is 1. The second kappa shape index (κ2) is 14.7. The van der Waals surface area contributed by atoms with E-state index in [0.29, 0.717) is 11.3 Å². The van der Waals surface area contributed by atoms with Gasteiger partial charge < -0.3 is 9.52 Å². The first-order chi connectivity index (χ1) is 29.5. The van der Waals surface area contributed by atoms with Crippen molar-refractivity contribution in [2.45, 2.75) is 6.92 Å².